The molecule has 27 heavy (non-hydrogen) atoms. The van der Waals surface area contributed by atoms with Crippen LogP contribution in [0.4, 0.5) is 17.1 Å². The fraction of sp³-hybridized carbons (Fsp3) is 0.136. The van der Waals surface area contributed by atoms with Gasteiger partial charge in [0.1, 0.15) is 11.5 Å². The van der Waals surface area contributed by atoms with Crippen LogP contribution in [0, 0.1) is 6.92 Å². The number of hydrogen-bond donors (Lipinski definition) is 0. The molecule has 0 aliphatic carbocycles. The van der Waals surface area contributed by atoms with Gasteiger partial charge in [-0.25, -0.2) is 0 Å². The van der Waals surface area contributed by atoms with Crippen molar-refractivity contribution >= 4 is 23.3 Å². The van der Waals surface area contributed by atoms with Crippen LogP contribution in [-0.4, -0.2) is 20.4 Å². The van der Waals surface area contributed by atoms with Crippen LogP contribution >= 0.6 is 0 Å². The molecule has 0 N–H and O–H groups in total. The van der Waals surface area contributed by atoms with Crippen LogP contribution in [0.2, 0.25) is 0 Å². The van der Waals surface area contributed by atoms with E-state index in [0.717, 1.165) is 39.7 Å². The zero-order valence-electron chi connectivity index (χ0n) is 15.6. The van der Waals surface area contributed by atoms with E-state index in [4.69, 9.17) is 9.47 Å². The number of hydrogen-bond acceptors (Lipinski definition) is 5. The van der Waals surface area contributed by atoms with Crippen LogP contribution in [-0.2, 0) is 0 Å². The molecule has 0 saturated carbocycles. The Bertz CT molecular complexity index is 946. The number of azo groups is 1. The van der Waals surface area contributed by atoms with Gasteiger partial charge in [-0.3, -0.25) is 4.99 Å². The highest BCUT2D eigenvalue weighted by Gasteiger charge is 1.99. The Balaban J connectivity index is 1.70. The summed E-state index contributed by atoms with van der Waals surface area (Å²) in [6.45, 7) is 1.99. The SMILES string of the molecule is COc1ccc(C=Nc2ccc(N=Nc3ccc(OC)cc3)c(C)c2)cc1. The lowest BCUT2D eigenvalue weighted by molar-refractivity contribution is 0.414. The molecule has 0 atom stereocenters. The minimum absolute atomic E-state index is 0.775. The Morgan fingerprint density at radius 1 is 0.704 bits per heavy atom. The fourth-order valence-electron chi connectivity index (χ4n) is 2.43. The van der Waals surface area contributed by atoms with Crippen molar-refractivity contribution in [2.24, 2.45) is 15.2 Å². The van der Waals surface area contributed by atoms with Crippen molar-refractivity contribution in [3.05, 3.63) is 77.9 Å². The Kier molecular flexibility index (Phi) is 5.94. The summed E-state index contributed by atoms with van der Waals surface area (Å²) < 4.78 is 10.3. The van der Waals surface area contributed by atoms with Crippen LogP contribution in [0.1, 0.15) is 11.1 Å². The highest BCUT2D eigenvalue weighted by atomic mass is 16.5. The smallest absolute Gasteiger partial charge is 0.119 e. The van der Waals surface area contributed by atoms with E-state index in [9.17, 15) is 0 Å². The average molecular weight is 359 g/mol. The van der Waals surface area contributed by atoms with E-state index < -0.39 is 0 Å². The molecule has 0 aliphatic rings. The molecule has 0 unspecified atom stereocenters. The zero-order chi connectivity index (χ0) is 19.1. The van der Waals surface area contributed by atoms with Gasteiger partial charge in [0.05, 0.1) is 31.3 Å². The van der Waals surface area contributed by atoms with Gasteiger partial charge in [-0.2, -0.15) is 10.2 Å². The first-order valence-corrected chi connectivity index (χ1v) is 8.52. The third-order valence-electron chi connectivity index (χ3n) is 4.00. The molecule has 136 valence electrons. The molecule has 0 aliphatic heterocycles. The van der Waals surface area contributed by atoms with Crippen molar-refractivity contribution in [3.63, 3.8) is 0 Å². The maximum absolute atomic E-state index is 5.16. The molecule has 0 radical (unpaired) electrons. The number of nitrogens with zero attached hydrogens (tertiary/aromatic N) is 3. The third-order valence-corrected chi connectivity index (χ3v) is 4.00. The summed E-state index contributed by atoms with van der Waals surface area (Å²) in [6, 6.07) is 21.0. The van der Waals surface area contributed by atoms with Gasteiger partial charge in [0.2, 0.25) is 0 Å². The third kappa shape index (κ3) is 5.01. The van der Waals surface area contributed by atoms with Crippen LogP contribution in [0.5, 0.6) is 11.5 Å². The van der Waals surface area contributed by atoms with Crippen LogP contribution in [0.3, 0.4) is 0 Å². The second kappa shape index (κ2) is 8.76. The largest absolute Gasteiger partial charge is 0.497 e. The second-order valence-corrected chi connectivity index (χ2v) is 5.90. The molecule has 0 aromatic heterocycles. The van der Waals surface area contributed by atoms with E-state index >= 15 is 0 Å². The van der Waals surface area contributed by atoms with Gasteiger partial charge in [-0.1, -0.05) is 0 Å². The normalized spacial score (nSPS) is 11.2. The second-order valence-electron chi connectivity index (χ2n) is 5.90. The lowest BCUT2D eigenvalue weighted by Crippen LogP contribution is -1.84. The summed E-state index contributed by atoms with van der Waals surface area (Å²) in [4.78, 5) is 4.52. The average Bonchev–Trinajstić information content (AvgIpc) is 2.72. The van der Waals surface area contributed by atoms with Crippen molar-refractivity contribution in [2.45, 2.75) is 6.92 Å². The number of rotatable bonds is 6. The number of aliphatic imine (C=N–C) groups is 1. The minimum Gasteiger partial charge on any atom is -0.497 e. The molecule has 3 aromatic carbocycles. The van der Waals surface area contributed by atoms with E-state index in [0.29, 0.717) is 0 Å². The maximum atomic E-state index is 5.16. The monoisotopic (exact) mass is 359 g/mol. The van der Waals surface area contributed by atoms with Gasteiger partial charge >= 0.3 is 0 Å². The van der Waals surface area contributed by atoms with E-state index in [2.05, 4.69) is 15.2 Å². The highest BCUT2D eigenvalue weighted by Crippen LogP contribution is 2.27. The molecule has 5 nitrogen and oxygen atoms in total. The molecule has 3 aromatic rings. The molecule has 0 saturated heterocycles. The summed E-state index contributed by atoms with van der Waals surface area (Å²) in [5, 5.41) is 8.60. The Morgan fingerprint density at radius 2 is 1.30 bits per heavy atom. The number of aryl methyl sites for hydroxylation is 1. The first kappa shape index (κ1) is 18.3. The van der Waals surface area contributed by atoms with Crippen molar-refractivity contribution in [3.8, 4) is 11.5 Å². The summed E-state index contributed by atoms with van der Waals surface area (Å²) >= 11 is 0. The lowest BCUT2D eigenvalue weighted by Gasteiger charge is -2.02. The van der Waals surface area contributed by atoms with Crippen molar-refractivity contribution in [2.75, 3.05) is 14.2 Å². The van der Waals surface area contributed by atoms with Crippen LogP contribution in [0.25, 0.3) is 0 Å². The predicted molar refractivity (Wildman–Crippen MR) is 109 cm³/mol. The molecule has 0 heterocycles. The molecular weight excluding hydrogens is 338 g/mol. The van der Waals surface area contributed by atoms with E-state index in [1.54, 1.807) is 14.2 Å². The number of methoxy groups -OCH3 is 2. The summed E-state index contributed by atoms with van der Waals surface area (Å²) in [6.07, 6.45) is 1.83. The zero-order valence-corrected chi connectivity index (χ0v) is 15.6. The van der Waals surface area contributed by atoms with Gasteiger partial charge in [-0.15, -0.1) is 0 Å². The molecule has 5 heteroatoms. The minimum atomic E-state index is 0.775. The van der Waals surface area contributed by atoms with Crippen molar-refractivity contribution < 1.29 is 9.47 Å². The fourth-order valence-corrected chi connectivity index (χ4v) is 2.43. The van der Waals surface area contributed by atoms with Crippen molar-refractivity contribution in [1.29, 1.82) is 0 Å². The molecule has 3 rings (SSSR count). The number of benzene rings is 3. The Hall–Kier alpha value is -3.47. The Labute approximate surface area is 159 Å². The van der Waals surface area contributed by atoms with Gasteiger partial charge in [0.15, 0.2) is 0 Å². The summed E-state index contributed by atoms with van der Waals surface area (Å²) in [5.41, 5.74) is 4.48. The van der Waals surface area contributed by atoms with E-state index in [1.165, 1.54) is 0 Å². The summed E-state index contributed by atoms with van der Waals surface area (Å²) in [5.74, 6) is 1.62. The molecular formula is C22H21N3O2. The van der Waals surface area contributed by atoms with Gasteiger partial charge in [-0.05, 0) is 84.8 Å². The van der Waals surface area contributed by atoms with Gasteiger partial charge in [0, 0.05) is 6.21 Å². The predicted octanol–water partition coefficient (Wildman–Crippen LogP) is 6.18. The molecule has 0 bridgehead atoms. The van der Waals surface area contributed by atoms with Crippen LogP contribution in [0.15, 0.2) is 82.0 Å². The van der Waals surface area contributed by atoms with Gasteiger partial charge < -0.3 is 9.47 Å². The topological polar surface area (TPSA) is 55.5 Å². The van der Waals surface area contributed by atoms with Gasteiger partial charge in [0.25, 0.3) is 0 Å². The lowest BCUT2D eigenvalue weighted by atomic mass is 10.2. The van der Waals surface area contributed by atoms with Crippen LogP contribution < -0.4 is 9.47 Å². The maximum Gasteiger partial charge on any atom is 0.119 e. The highest BCUT2D eigenvalue weighted by molar-refractivity contribution is 5.82. The molecule has 0 fully saturated rings. The van der Waals surface area contributed by atoms with Crippen molar-refractivity contribution in [1.82, 2.24) is 0 Å². The molecule has 0 amide bonds. The standard InChI is InChI=1S/C22H21N3O2/c1-16-14-19(23-15-17-4-9-20(26-2)10-5-17)8-13-22(16)25-24-18-6-11-21(27-3)12-7-18/h4-15H,1-3H3. The Morgan fingerprint density at radius 3 is 1.89 bits per heavy atom. The number of ether oxygens (including phenoxy) is 2. The first-order valence-electron chi connectivity index (χ1n) is 8.52. The summed E-state index contributed by atoms with van der Waals surface area (Å²) in [7, 11) is 3.29. The molecule has 0 spiro atoms. The quantitative estimate of drug-likeness (QED) is 0.390. The first-order chi connectivity index (χ1) is 13.2. The van der Waals surface area contributed by atoms with E-state index in [-0.39, 0.29) is 0 Å². The van der Waals surface area contributed by atoms with E-state index in [1.807, 2.05) is 79.9 Å².